The smallest absolute Gasteiger partial charge is 0.309 e. The fourth-order valence-electron chi connectivity index (χ4n) is 2.37. The highest BCUT2D eigenvalue weighted by Gasteiger charge is 2.29. The lowest BCUT2D eigenvalue weighted by Crippen LogP contribution is -2.26. The molecule has 0 saturated heterocycles. The van der Waals surface area contributed by atoms with Crippen LogP contribution >= 0.6 is 0 Å². The number of ether oxygens (including phenoxy) is 1. The molecule has 2 aromatic rings. The van der Waals surface area contributed by atoms with Gasteiger partial charge in [0.05, 0.1) is 18.0 Å². The molecule has 0 aliphatic heterocycles. The Hall–Kier alpha value is -1.97. The van der Waals surface area contributed by atoms with E-state index in [1.165, 1.54) is 0 Å². The van der Waals surface area contributed by atoms with Crippen molar-refractivity contribution >= 4 is 16.9 Å². The lowest BCUT2D eigenvalue weighted by Gasteiger charge is -2.18. The van der Waals surface area contributed by atoms with Gasteiger partial charge in [0.2, 0.25) is 0 Å². The normalized spacial score (nSPS) is 11.8. The van der Waals surface area contributed by atoms with Crippen molar-refractivity contribution in [1.29, 1.82) is 0 Å². The number of aliphatic carboxylic acids is 1. The van der Waals surface area contributed by atoms with Crippen LogP contribution in [0.4, 0.5) is 0 Å². The Morgan fingerprint density at radius 1 is 1.42 bits per heavy atom. The molecule has 0 saturated carbocycles. The lowest BCUT2D eigenvalue weighted by molar-refractivity contribution is -0.146. The number of carbonyl (C=O) groups is 1. The number of hydrogen-bond acceptors (Lipinski definition) is 2. The van der Waals surface area contributed by atoms with E-state index in [0.29, 0.717) is 6.42 Å². The summed E-state index contributed by atoms with van der Waals surface area (Å²) in [5, 5.41) is 10.3. The van der Waals surface area contributed by atoms with Gasteiger partial charge in [-0.1, -0.05) is 12.1 Å². The summed E-state index contributed by atoms with van der Waals surface area (Å²) in [6.07, 6.45) is 2.48. The third-order valence-electron chi connectivity index (χ3n) is 3.48. The van der Waals surface area contributed by atoms with E-state index in [1.807, 2.05) is 36.0 Å². The number of para-hydroxylation sites is 1. The Bertz CT molecular complexity index is 626. The summed E-state index contributed by atoms with van der Waals surface area (Å²) in [5.74, 6) is 0.0202. The van der Waals surface area contributed by atoms with Crippen molar-refractivity contribution in [2.75, 3.05) is 7.11 Å². The molecule has 0 bridgehead atoms. The molecular weight excluding hydrogens is 242 g/mol. The number of carboxylic acids is 1. The molecule has 0 spiro atoms. The van der Waals surface area contributed by atoms with Crippen LogP contribution in [0.25, 0.3) is 10.9 Å². The van der Waals surface area contributed by atoms with Crippen LogP contribution in [0, 0.1) is 5.41 Å². The molecule has 4 nitrogen and oxygen atoms in total. The van der Waals surface area contributed by atoms with E-state index in [2.05, 4.69) is 0 Å². The van der Waals surface area contributed by atoms with E-state index in [4.69, 9.17) is 4.74 Å². The lowest BCUT2D eigenvalue weighted by atomic mass is 9.86. The van der Waals surface area contributed by atoms with Gasteiger partial charge in [0.15, 0.2) is 0 Å². The summed E-state index contributed by atoms with van der Waals surface area (Å²) < 4.78 is 7.35. The zero-order chi connectivity index (χ0) is 14.2. The molecule has 4 heteroatoms. The monoisotopic (exact) mass is 261 g/mol. The highest BCUT2D eigenvalue weighted by atomic mass is 16.5. The first-order valence-electron chi connectivity index (χ1n) is 6.21. The van der Waals surface area contributed by atoms with Crippen molar-refractivity contribution in [2.45, 2.75) is 20.3 Å². The van der Waals surface area contributed by atoms with Crippen LogP contribution in [0.3, 0.4) is 0 Å². The number of nitrogens with zero attached hydrogens (tertiary/aromatic N) is 1. The van der Waals surface area contributed by atoms with Gasteiger partial charge < -0.3 is 14.4 Å². The Labute approximate surface area is 112 Å². The number of benzene rings is 1. The molecule has 1 N–H and O–H groups in total. The molecule has 0 unspecified atom stereocenters. The van der Waals surface area contributed by atoms with Gasteiger partial charge in [-0.3, -0.25) is 4.79 Å². The van der Waals surface area contributed by atoms with Gasteiger partial charge in [0, 0.05) is 18.6 Å². The Balaban J connectivity index is 2.55. The SMILES string of the molecule is COc1cccc2c(CC(C)(C)C(=O)O)cn(C)c12. The van der Waals surface area contributed by atoms with E-state index in [0.717, 1.165) is 22.2 Å². The van der Waals surface area contributed by atoms with Gasteiger partial charge in [-0.2, -0.15) is 0 Å². The summed E-state index contributed by atoms with van der Waals surface area (Å²) >= 11 is 0. The van der Waals surface area contributed by atoms with Crippen LogP contribution in [0.1, 0.15) is 19.4 Å². The maximum Gasteiger partial charge on any atom is 0.309 e. The van der Waals surface area contributed by atoms with E-state index in [-0.39, 0.29) is 0 Å². The molecule has 0 aliphatic carbocycles. The number of carboxylic acid groups (broad SMARTS) is 1. The second-order valence-electron chi connectivity index (χ2n) is 5.49. The summed E-state index contributed by atoms with van der Waals surface area (Å²) in [4.78, 5) is 11.3. The van der Waals surface area contributed by atoms with Crippen LogP contribution in [0.15, 0.2) is 24.4 Å². The van der Waals surface area contributed by atoms with Gasteiger partial charge in [-0.25, -0.2) is 0 Å². The van der Waals surface area contributed by atoms with E-state index in [9.17, 15) is 9.90 Å². The average Bonchev–Trinajstić information content (AvgIpc) is 2.65. The largest absolute Gasteiger partial charge is 0.495 e. The predicted octanol–water partition coefficient (Wildman–Crippen LogP) is 2.84. The molecule has 1 aromatic carbocycles. The number of aromatic nitrogens is 1. The molecule has 1 heterocycles. The number of hydrogen-bond donors (Lipinski definition) is 1. The molecule has 2 rings (SSSR count). The molecule has 0 atom stereocenters. The zero-order valence-electron chi connectivity index (χ0n) is 11.7. The van der Waals surface area contributed by atoms with Crippen molar-refractivity contribution < 1.29 is 14.6 Å². The van der Waals surface area contributed by atoms with Gasteiger partial charge in [0.1, 0.15) is 5.75 Å². The quantitative estimate of drug-likeness (QED) is 0.920. The van der Waals surface area contributed by atoms with Crippen LogP contribution in [0.2, 0.25) is 0 Å². The van der Waals surface area contributed by atoms with Crippen LogP contribution < -0.4 is 4.74 Å². The molecule has 19 heavy (non-hydrogen) atoms. The molecule has 0 aliphatic rings. The van der Waals surface area contributed by atoms with Gasteiger partial charge in [-0.15, -0.1) is 0 Å². The second-order valence-corrected chi connectivity index (χ2v) is 5.49. The van der Waals surface area contributed by atoms with Crippen LogP contribution in [-0.2, 0) is 18.3 Å². The van der Waals surface area contributed by atoms with Gasteiger partial charge >= 0.3 is 5.97 Å². The number of fused-ring (bicyclic) bond motifs is 1. The second kappa shape index (κ2) is 4.61. The van der Waals surface area contributed by atoms with Crippen molar-refractivity contribution in [2.24, 2.45) is 12.5 Å². The van der Waals surface area contributed by atoms with Crippen molar-refractivity contribution in [3.63, 3.8) is 0 Å². The first-order valence-corrected chi connectivity index (χ1v) is 6.21. The zero-order valence-corrected chi connectivity index (χ0v) is 11.7. The minimum absolute atomic E-state index is 0.493. The Morgan fingerprint density at radius 2 is 2.11 bits per heavy atom. The minimum atomic E-state index is -0.785. The molecule has 0 fully saturated rings. The minimum Gasteiger partial charge on any atom is -0.495 e. The highest BCUT2D eigenvalue weighted by molar-refractivity contribution is 5.89. The van der Waals surface area contributed by atoms with Crippen molar-refractivity contribution in [3.8, 4) is 5.75 Å². The summed E-state index contributed by atoms with van der Waals surface area (Å²) in [6.45, 7) is 3.49. The molecule has 102 valence electrons. The Morgan fingerprint density at radius 3 is 2.68 bits per heavy atom. The molecule has 1 aromatic heterocycles. The van der Waals surface area contributed by atoms with Gasteiger partial charge in [-0.05, 0) is 31.9 Å². The maximum absolute atomic E-state index is 11.3. The number of rotatable bonds is 4. The molecular formula is C15H19NO3. The van der Waals surface area contributed by atoms with Crippen LogP contribution in [-0.4, -0.2) is 22.8 Å². The predicted molar refractivity (Wildman–Crippen MR) is 74.6 cm³/mol. The fourth-order valence-corrected chi connectivity index (χ4v) is 2.37. The standard InChI is InChI=1S/C15H19NO3/c1-15(2,14(17)18)8-10-9-16(3)13-11(10)6-5-7-12(13)19-4/h5-7,9H,8H2,1-4H3,(H,17,18). The first-order chi connectivity index (χ1) is 8.86. The average molecular weight is 261 g/mol. The van der Waals surface area contributed by atoms with Crippen molar-refractivity contribution in [1.82, 2.24) is 4.57 Å². The van der Waals surface area contributed by atoms with Crippen molar-refractivity contribution in [3.05, 3.63) is 30.0 Å². The van der Waals surface area contributed by atoms with Gasteiger partial charge in [0.25, 0.3) is 0 Å². The number of aryl methyl sites for hydroxylation is 1. The summed E-state index contributed by atoms with van der Waals surface area (Å²) in [6, 6.07) is 5.85. The highest BCUT2D eigenvalue weighted by Crippen LogP contribution is 2.32. The number of methoxy groups -OCH3 is 1. The topological polar surface area (TPSA) is 51.5 Å². The Kier molecular flexibility index (Phi) is 3.27. The third kappa shape index (κ3) is 2.30. The molecule has 0 radical (unpaired) electrons. The fraction of sp³-hybridized carbons (Fsp3) is 0.400. The van der Waals surface area contributed by atoms with E-state index < -0.39 is 11.4 Å². The summed E-state index contributed by atoms with van der Waals surface area (Å²) in [7, 11) is 3.59. The third-order valence-corrected chi connectivity index (χ3v) is 3.48. The van der Waals surface area contributed by atoms with E-state index in [1.54, 1.807) is 21.0 Å². The summed E-state index contributed by atoms with van der Waals surface area (Å²) in [5.41, 5.74) is 1.25. The van der Waals surface area contributed by atoms with E-state index >= 15 is 0 Å². The maximum atomic E-state index is 11.3. The van der Waals surface area contributed by atoms with Crippen LogP contribution in [0.5, 0.6) is 5.75 Å². The first kappa shape index (κ1) is 13.5. The molecule has 0 amide bonds.